The van der Waals surface area contributed by atoms with Crippen LogP contribution in [0.4, 0.5) is 5.82 Å². The van der Waals surface area contributed by atoms with E-state index in [0.29, 0.717) is 29.6 Å². The molecule has 0 unspecified atom stereocenters. The van der Waals surface area contributed by atoms with Gasteiger partial charge >= 0.3 is 0 Å². The third-order valence-electron chi connectivity index (χ3n) is 7.17. The van der Waals surface area contributed by atoms with Gasteiger partial charge in [-0.2, -0.15) is 0 Å². The maximum Gasteiger partial charge on any atom is 0.197 e. The van der Waals surface area contributed by atoms with Crippen molar-refractivity contribution in [1.29, 1.82) is 0 Å². The Morgan fingerprint density at radius 2 is 1.65 bits per heavy atom. The second kappa shape index (κ2) is 11.8. The predicted octanol–water partition coefficient (Wildman–Crippen LogP) is 3.81. The SMILES string of the molecule is CCN(C)CCCNc1nc(CN2CCN(Cc3coc4ccccc4c3=O)CC2)nc2ccccc12. The van der Waals surface area contributed by atoms with E-state index in [2.05, 4.69) is 46.1 Å². The molecule has 8 nitrogen and oxygen atoms in total. The van der Waals surface area contributed by atoms with Crippen LogP contribution in [0.3, 0.4) is 0 Å². The lowest BCUT2D eigenvalue weighted by Gasteiger charge is -2.34. The van der Waals surface area contributed by atoms with Gasteiger partial charge in [0.05, 0.1) is 23.7 Å². The van der Waals surface area contributed by atoms with E-state index >= 15 is 0 Å². The predicted molar refractivity (Wildman–Crippen MR) is 149 cm³/mol. The molecule has 0 amide bonds. The van der Waals surface area contributed by atoms with Crippen molar-refractivity contribution in [1.82, 2.24) is 24.7 Å². The highest BCUT2D eigenvalue weighted by atomic mass is 16.3. The molecule has 0 spiro atoms. The number of aromatic nitrogens is 2. The lowest BCUT2D eigenvalue weighted by atomic mass is 10.1. The average molecular weight is 501 g/mol. The molecule has 3 heterocycles. The van der Waals surface area contributed by atoms with Crippen LogP contribution >= 0.6 is 0 Å². The second-order valence-electron chi connectivity index (χ2n) is 9.82. The maximum absolute atomic E-state index is 12.9. The number of piperazine rings is 1. The third kappa shape index (κ3) is 6.15. The van der Waals surface area contributed by atoms with Gasteiger partial charge in [0, 0.05) is 50.2 Å². The molecule has 1 fully saturated rings. The van der Waals surface area contributed by atoms with Gasteiger partial charge in [-0.05, 0) is 50.8 Å². The van der Waals surface area contributed by atoms with Gasteiger partial charge in [0.25, 0.3) is 0 Å². The minimum absolute atomic E-state index is 0.0650. The fourth-order valence-corrected chi connectivity index (χ4v) is 4.82. The first-order chi connectivity index (χ1) is 18.1. The Hall–Kier alpha value is -3.33. The molecule has 1 saturated heterocycles. The standard InChI is InChI=1S/C29H36N6O2/c1-3-33(2)14-8-13-30-29-23-9-4-6-11-25(23)31-27(32-29)20-35-17-15-34(16-18-35)19-22-21-37-26-12-7-5-10-24(26)28(22)36/h4-7,9-12,21H,3,8,13-20H2,1-2H3,(H,30,31,32). The van der Waals surface area contributed by atoms with E-state index in [9.17, 15) is 4.79 Å². The number of benzene rings is 2. The number of hydrogen-bond acceptors (Lipinski definition) is 8. The first-order valence-corrected chi connectivity index (χ1v) is 13.2. The van der Waals surface area contributed by atoms with Gasteiger partial charge in [-0.3, -0.25) is 14.6 Å². The quantitative estimate of drug-likeness (QED) is 0.330. The van der Waals surface area contributed by atoms with Crippen molar-refractivity contribution in [3.63, 3.8) is 0 Å². The lowest BCUT2D eigenvalue weighted by molar-refractivity contribution is 0.119. The van der Waals surface area contributed by atoms with E-state index < -0.39 is 0 Å². The number of fused-ring (bicyclic) bond motifs is 2. The molecule has 1 aliphatic rings. The highest BCUT2D eigenvalue weighted by Gasteiger charge is 2.20. The van der Waals surface area contributed by atoms with Crippen LogP contribution in [0.15, 0.2) is 64.0 Å². The van der Waals surface area contributed by atoms with Gasteiger partial charge in [-0.25, -0.2) is 9.97 Å². The summed E-state index contributed by atoms with van der Waals surface area (Å²) in [7, 11) is 2.15. The average Bonchev–Trinajstić information content (AvgIpc) is 2.93. The Bertz CT molecular complexity index is 1400. The summed E-state index contributed by atoms with van der Waals surface area (Å²) < 4.78 is 5.70. The number of rotatable bonds is 10. The summed E-state index contributed by atoms with van der Waals surface area (Å²) in [4.78, 5) is 29.7. The third-order valence-corrected chi connectivity index (χ3v) is 7.17. The molecule has 5 rings (SSSR count). The fraction of sp³-hybridized carbons (Fsp3) is 0.414. The Kier molecular flexibility index (Phi) is 8.08. The van der Waals surface area contributed by atoms with Crippen molar-refractivity contribution in [3.8, 4) is 0 Å². The van der Waals surface area contributed by atoms with Crippen LogP contribution in [0.1, 0.15) is 24.7 Å². The van der Waals surface area contributed by atoms with Gasteiger partial charge in [0.2, 0.25) is 0 Å². The molecule has 37 heavy (non-hydrogen) atoms. The monoisotopic (exact) mass is 500 g/mol. The van der Waals surface area contributed by atoms with E-state index in [1.807, 2.05) is 36.4 Å². The number of nitrogens with zero attached hydrogens (tertiary/aromatic N) is 5. The molecule has 0 saturated carbocycles. The molecule has 194 valence electrons. The van der Waals surface area contributed by atoms with Gasteiger partial charge in [-0.15, -0.1) is 0 Å². The number of anilines is 1. The molecule has 0 atom stereocenters. The molecule has 4 aromatic rings. The van der Waals surface area contributed by atoms with E-state index in [-0.39, 0.29) is 5.43 Å². The molecule has 2 aromatic carbocycles. The molecule has 0 bridgehead atoms. The minimum atomic E-state index is 0.0650. The van der Waals surface area contributed by atoms with Gasteiger partial charge in [0.1, 0.15) is 17.2 Å². The Labute approximate surface area is 217 Å². The van der Waals surface area contributed by atoms with Gasteiger partial charge in [-0.1, -0.05) is 31.2 Å². The van der Waals surface area contributed by atoms with Crippen LogP contribution in [0.2, 0.25) is 0 Å². The minimum Gasteiger partial charge on any atom is -0.464 e. The first-order valence-electron chi connectivity index (χ1n) is 13.2. The summed E-state index contributed by atoms with van der Waals surface area (Å²) in [6.45, 7) is 10.1. The molecule has 1 aliphatic heterocycles. The Morgan fingerprint density at radius 3 is 2.43 bits per heavy atom. The second-order valence-corrected chi connectivity index (χ2v) is 9.82. The van der Waals surface area contributed by atoms with E-state index in [1.54, 1.807) is 6.26 Å². The van der Waals surface area contributed by atoms with E-state index in [0.717, 1.165) is 74.8 Å². The maximum atomic E-state index is 12.9. The van der Waals surface area contributed by atoms with Crippen molar-refractivity contribution in [3.05, 3.63) is 76.4 Å². The normalized spacial score (nSPS) is 15.1. The largest absolute Gasteiger partial charge is 0.464 e. The van der Waals surface area contributed by atoms with Crippen molar-refractivity contribution in [2.75, 3.05) is 58.2 Å². The summed E-state index contributed by atoms with van der Waals surface area (Å²) in [6, 6.07) is 15.6. The Balaban J connectivity index is 1.20. The van der Waals surface area contributed by atoms with Crippen LogP contribution in [0.25, 0.3) is 21.9 Å². The highest BCUT2D eigenvalue weighted by Crippen LogP contribution is 2.21. The summed E-state index contributed by atoms with van der Waals surface area (Å²) in [5.41, 5.74) is 2.39. The zero-order valence-corrected chi connectivity index (χ0v) is 21.8. The first kappa shape index (κ1) is 25.3. The molecular formula is C29H36N6O2. The topological polar surface area (TPSA) is 77.7 Å². The molecule has 0 radical (unpaired) electrons. The summed E-state index contributed by atoms with van der Waals surface area (Å²) in [5.74, 6) is 1.76. The van der Waals surface area contributed by atoms with Crippen LogP contribution in [-0.4, -0.2) is 77.5 Å². The summed E-state index contributed by atoms with van der Waals surface area (Å²) in [6.07, 6.45) is 2.68. The summed E-state index contributed by atoms with van der Waals surface area (Å²) in [5, 5.41) is 5.27. The van der Waals surface area contributed by atoms with Gasteiger partial charge < -0.3 is 14.6 Å². The van der Waals surface area contributed by atoms with Crippen LogP contribution in [0.5, 0.6) is 0 Å². The smallest absolute Gasteiger partial charge is 0.197 e. The van der Waals surface area contributed by atoms with Crippen LogP contribution < -0.4 is 10.7 Å². The van der Waals surface area contributed by atoms with E-state index in [1.165, 1.54) is 0 Å². The molecule has 2 aromatic heterocycles. The van der Waals surface area contributed by atoms with Crippen molar-refractivity contribution in [2.45, 2.75) is 26.4 Å². The lowest BCUT2D eigenvalue weighted by Crippen LogP contribution is -2.46. The van der Waals surface area contributed by atoms with Crippen molar-refractivity contribution in [2.24, 2.45) is 0 Å². The molecular weight excluding hydrogens is 464 g/mol. The van der Waals surface area contributed by atoms with Crippen LogP contribution in [-0.2, 0) is 13.1 Å². The van der Waals surface area contributed by atoms with Crippen LogP contribution in [0, 0.1) is 0 Å². The summed E-state index contributed by atoms with van der Waals surface area (Å²) >= 11 is 0. The van der Waals surface area contributed by atoms with Crippen molar-refractivity contribution >= 4 is 27.7 Å². The molecule has 8 heteroatoms. The number of nitrogens with one attached hydrogen (secondary N) is 1. The number of hydrogen-bond donors (Lipinski definition) is 1. The van der Waals surface area contributed by atoms with Crippen molar-refractivity contribution < 1.29 is 4.42 Å². The number of para-hydroxylation sites is 2. The fourth-order valence-electron chi connectivity index (χ4n) is 4.82. The zero-order valence-electron chi connectivity index (χ0n) is 21.8. The molecule has 1 N–H and O–H groups in total. The zero-order chi connectivity index (χ0) is 25.6. The Morgan fingerprint density at radius 1 is 0.946 bits per heavy atom. The molecule has 0 aliphatic carbocycles. The highest BCUT2D eigenvalue weighted by molar-refractivity contribution is 5.89. The van der Waals surface area contributed by atoms with E-state index in [4.69, 9.17) is 14.4 Å². The van der Waals surface area contributed by atoms with Gasteiger partial charge in [0.15, 0.2) is 5.43 Å².